The van der Waals surface area contributed by atoms with E-state index < -0.39 is 0 Å². The molecule has 0 unspecified atom stereocenters. The summed E-state index contributed by atoms with van der Waals surface area (Å²) in [4.78, 5) is 11.1. The zero-order valence-electron chi connectivity index (χ0n) is 9.63. The zero-order chi connectivity index (χ0) is 11.4. The lowest BCUT2D eigenvalue weighted by Gasteiger charge is -2.11. The first-order chi connectivity index (χ1) is 7.04. The zero-order valence-corrected chi connectivity index (χ0v) is 11.8. The number of halogens is 1. The molecule has 0 radical (unpaired) electrons. The van der Waals surface area contributed by atoms with E-state index in [0.29, 0.717) is 0 Å². The van der Waals surface area contributed by atoms with Crippen LogP contribution in [0.2, 0.25) is 0 Å². The summed E-state index contributed by atoms with van der Waals surface area (Å²) in [6.07, 6.45) is 0.888. The van der Waals surface area contributed by atoms with Gasteiger partial charge in [0.2, 0.25) is 0 Å². The lowest BCUT2D eigenvalue weighted by Crippen LogP contribution is -2.17. The van der Waals surface area contributed by atoms with Crippen LogP contribution in [-0.4, -0.2) is 42.6 Å². The third-order valence-corrected chi connectivity index (χ3v) is 3.37. The van der Waals surface area contributed by atoms with Crippen LogP contribution < -0.4 is 5.32 Å². The van der Waals surface area contributed by atoms with E-state index in [4.69, 9.17) is 0 Å². The maximum Gasteiger partial charge on any atom is 0.143 e. The average Bonchev–Trinajstić information content (AvgIpc) is 2.19. The standard InChI is InChI=1S/C10H17IN4/c1-7-9(11)10(12-2)14-8(13-7)5-6-15(3)4/h5-6H2,1-4H3,(H,12,13,14). The molecule has 1 N–H and O–H groups in total. The molecule has 5 heteroatoms. The van der Waals surface area contributed by atoms with E-state index in [1.807, 2.05) is 14.0 Å². The Labute approximate surface area is 105 Å². The normalized spacial score (nSPS) is 10.8. The molecule has 0 bridgehead atoms. The fourth-order valence-corrected chi connectivity index (χ4v) is 1.73. The first kappa shape index (κ1) is 12.6. The van der Waals surface area contributed by atoms with Gasteiger partial charge in [-0.25, -0.2) is 9.97 Å². The Kier molecular flexibility index (Phi) is 4.72. The van der Waals surface area contributed by atoms with Crippen LogP contribution in [0.15, 0.2) is 0 Å². The summed E-state index contributed by atoms with van der Waals surface area (Å²) in [5.74, 6) is 1.84. The number of hydrogen-bond acceptors (Lipinski definition) is 4. The van der Waals surface area contributed by atoms with Gasteiger partial charge in [-0.1, -0.05) is 0 Å². The van der Waals surface area contributed by atoms with E-state index in [2.05, 4.69) is 56.9 Å². The van der Waals surface area contributed by atoms with Gasteiger partial charge >= 0.3 is 0 Å². The molecule has 84 valence electrons. The molecule has 15 heavy (non-hydrogen) atoms. The molecule has 1 aromatic heterocycles. The van der Waals surface area contributed by atoms with Gasteiger partial charge in [0, 0.05) is 20.0 Å². The van der Waals surface area contributed by atoms with Crippen molar-refractivity contribution in [1.29, 1.82) is 0 Å². The summed E-state index contributed by atoms with van der Waals surface area (Å²) in [6.45, 7) is 2.99. The second kappa shape index (κ2) is 5.60. The molecule has 1 heterocycles. The molecule has 1 aromatic rings. The van der Waals surface area contributed by atoms with Gasteiger partial charge in [0.1, 0.15) is 11.6 Å². The third kappa shape index (κ3) is 3.57. The second-order valence-corrected chi connectivity index (χ2v) is 4.77. The van der Waals surface area contributed by atoms with Gasteiger partial charge in [-0.3, -0.25) is 0 Å². The molecular formula is C10H17IN4. The number of nitrogens with one attached hydrogen (secondary N) is 1. The van der Waals surface area contributed by atoms with Crippen molar-refractivity contribution in [2.45, 2.75) is 13.3 Å². The van der Waals surface area contributed by atoms with Crippen LogP contribution in [0, 0.1) is 10.5 Å². The Balaban J connectivity index is 2.86. The molecule has 0 aliphatic carbocycles. The molecule has 0 aromatic carbocycles. The Hall–Kier alpha value is -0.430. The molecule has 0 atom stereocenters. The summed E-state index contributed by atoms with van der Waals surface area (Å²) in [5.41, 5.74) is 1.05. The summed E-state index contributed by atoms with van der Waals surface area (Å²) < 4.78 is 1.10. The number of nitrogens with zero attached hydrogens (tertiary/aromatic N) is 3. The van der Waals surface area contributed by atoms with Crippen molar-refractivity contribution >= 4 is 28.4 Å². The highest BCUT2D eigenvalue weighted by Gasteiger charge is 2.07. The largest absolute Gasteiger partial charge is 0.372 e. The van der Waals surface area contributed by atoms with Gasteiger partial charge in [-0.2, -0.15) is 0 Å². The first-order valence-corrected chi connectivity index (χ1v) is 5.98. The number of aromatic nitrogens is 2. The highest BCUT2D eigenvalue weighted by Crippen LogP contribution is 2.17. The van der Waals surface area contributed by atoms with Crippen molar-refractivity contribution in [3.8, 4) is 0 Å². The summed E-state index contributed by atoms with van der Waals surface area (Å²) >= 11 is 2.27. The van der Waals surface area contributed by atoms with E-state index >= 15 is 0 Å². The van der Waals surface area contributed by atoms with Gasteiger partial charge in [0.25, 0.3) is 0 Å². The predicted molar refractivity (Wildman–Crippen MR) is 71.3 cm³/mol. The lowest BCUT2D eigenvalue weighted by atomic mass is 10.3. The molecule has 0 aliphatic rings. The van der Waals surface area contributed by atoms with E-state index in [-0.39, 0.29) is 0 Å². The van der Waals surface area contributed by atoms with Gasteiger partial charge in [0.05, 0.1) is 9.26 Å². The van der Waals surface area contributed by atoms with Crippen LogP contribution in [0.4, 0.5) is 5.82 Å². The smallest absolute Gasteiger partial charge is 0.143 e. The topological polar surface area (TPSA) is 41.1 Å². The van der Waals surface area contributed by atoms with Crippen molar-refractivity contribution in [3.63, 3.8) is 0 Å². The molecule has 0 aliphatic heterocycles. The van der Waals surface area contributed by atoms with Crippen molar-refractivity contribution in [2.75, 3.05) is 33.0 Å². The molecular weight excluding hydrogens is 303 g/mol. The summed E-state index contributed by atoms with van der Waals surface area (Å²) in [7, 11) is 6.00. The maximum atomic E-state index is 4.47. The number of aryl methyl sites for hydroxylation is 1. The van der Waals surface area contributed by atoms with Crippen LogP contribution in [0.1, 0.15) is 11.5 Å². The predicted octanol–water partition coefficient (Wildman–Crippen LogP) is 1.54. The Morgan fingerprint density at radius 1 is 1.33 bits per heavy atom. The molecule has 1 rings (SSSR count). The Bertz CT molecular complexity index is 338. The second-order valence-electron chi connectivity index (χ2n) is 3.69. The van der Waals surface area contributed by atoms with Crippen LogP contribution >= 0.6 is 22.6 Å². The molecule has 0 saturated carbocycles. The van der Waals surface area contributed by atoms with Gasteiger partial charge in [-0.15, -0.1) is 0 Å². The monoisotopic (exact) mass is 320 g/mol. The summed E-state index contributed by atoms with van der Waals surface area (Å²) in [6, 6.07) is 0. The molecule has 4 nitrogen and oxygen atoms in total. The van der Waals surface area contributed by atoms with Crippen LogP contribution in [0.5, 0.6) is 0 Å². The lowest BCUT2D eigenvalue weighted by molar-refractivity contribution is 0.409. The minimum absolute atomic E-state index is 0.888. The highest BCUT2D eigenvalue weighted by molar-refractivity contribution is 14.1. The van der Waals surface area contributed by atoms with Crippen LogP contribution in [0.3, 0.4) is 0 Å². The highest BCUT2D eigenvalue weighted by atomic mass is 127. The maximum absolute atomic E-state index is 4.47. The SMILES string of the molecule is CNc1nc(CCN(C)C)nc(C)c1I. The molecule has 0 amide bonds. The van der Waals surface area contributed by atoms with Crippen LogP contribution in [0.25, 0.3) is 0 Å². The van der Waals surface area contributed by atoms with E-state index in [0.717, 1.165) is 33.9 Å². The Morgan fingerprint density at radius 2 is 2.00 bits per heavy atom. The quantitative estimate of drug-likeness (QED) is 0.855. The third-order valence-electron chi connectivity index (χ3n) is 2.08. The minimum Gasteiger partial charge on any atom is -0.372 e. The number of likely N-dealkylation sites (N-methyl/N-ethyl adjacent to an activating group) is 1. The summed E-state index contributed by atoms with van der Waals surface area (Å²) in [5, 5.41) is 3.09. The van der Waals surface area contributed by atoms with Crippen molar-refractivity contribution in [1.82, 2.24) is 14.9 Å². The molecule has 0 spiro atoms. The fraction of sp³-hybridized carbons (Fsp3) is 0.600. The Morgan fingerprint density at radius 3 is 2.53 bits per heavy atom. The van der Waals surface area contributed by atoms with Crippen molar-refractivity contribution in [3.05, 3.63) is 15.1 Å². The van der Waals surface area contributed by atoms with Crippen molar-refractivity contribution < 1.29 is 0 Å². The molecule has 0 saturated heterocycles. The molecule has 0 fully saturated rings. The van der Waals surface area contributed by atoms with Gasteiger partial charge in [-0.05, 0) is 43.6 Å². The van der Waals surface area contributed by atoms with E-state index in [9.17, 15) is 0 Å². The minimum atomic E-state index is 0.888. The fourth-order valence-electron chi connectivity index (χ4n) is 1.22. The number of anilines is 1. The van der Waals surface area contributed by atoms with E-state index in [1.165, 1.54) is 0 Å². The van der Waals surface area contributed by atoms with Crippen molar-refractivity contribution in [2.24, 2.45) is 0 Å². The first-order valence-electron chi connectivity index (χ1n) is 4.90. The number of hydrogen-bond donors (Lipinski definition) is 1. The van der Waals surface area contributed by atoms with Gasteiger partial charge in [0.15, 0.2) is 0 Å². The average molecular weight is 320 g/mol. The van der Waals surface area contributed by atoms with Crippen LogP contribution in [-0.2, 0) is 6.42 Å². The van der Waals surface area contributed by atoms with Gasteiger partial charge < -0.3 is 10.2 Å². The number of rotatable bonds is 4. The van der Waals surface area contributed by atoms with E-state index in [1.54, 1.807) is 0 Å².